The second-order valence-corrected chi connectivity index (χ2v) is 7.56. The molecule has 6 nitrogen and oxygen atoms in total. The molecule has 0 saturated heterocycles. The van der Waals surface area contributed by atoms with Crippen LogP contribution < -0.4 is 10.1 Å². The Bertz CT molecular complexity index is 1150. The van der Waals surface area contributed by atoms with E-state index < -0.39 is 0 Å². The van der Waals surface area contributed by atoms with Crippen LogP contribution in [0.4, 0.5) is 5.95 Å². The number of benzene rings is 2. The molecule has 0 radical (unpaired) electrons. The summed E-state index contributed by atoms with van der Waals surface area (Å²) in [6.45, 7) is 5.93. The fourth-order valence-electron chi connectivity index (χ4n) is 2.92. The minimum Gasteiger partial charge on any atom is -0.483 e. The summed E-state index contributed by atoms with van der Waals surface area (Å²) in [7, 11) is 0. The number of hydrogen-bond acceptors (Lipinski definition) is 5. The highest BCUT2D eigenvalue weighted by molar-refractivity contribution is 7.15. The number of ether oxygens (including phenoxy) is 1. The van der Waals surface area contributed by atoms with E-state index in [1.165, 1.54) is 16.9 Å². The van der Waals surface area contributed by atoms with Crippen LogP contribution in [0.2, 0.25) is 0 Å². The third kappa shape index (κ3) is 3.75. The molecule has 2 heterocycles. The molecule has 4 aromatic rings. The number of aryl methyl sites for hydroxylation is 3. The van der Waals surface area contributed by atoms with Crippen molar-refractivity contribution >= 4 is 28.2 Å². The van der Waals surface area contributed by atoms with Gasteiger partial charge in [0.1, 0.15) is 5.75 Å². The molecule has 0 aliphatic carbocycles. The molecule has 0 spiro atoms. The topological polar surface area (TPSA) is 68.5 Å². The summed E-state index contributed by atoms with van der Waals surface area (Å²) < 4.78 is 7.36. The molecule has 2 aromatic carbocycles. The molecule has 28 heavy (non-hydrogen) atoms. The summed E-state index contributed by atoms with van der Waals surface area (Å²) in [5.41, 5.74) is 5.35. The van der Waals surface area contributed by atoms with Crippen molar-refractivity contribution in [2.75, 3.05) is 11.9 Å². The van der Waals surface area contributed by atoms with Crippen molar-refractivity contribution in [1.29, 1.82) is 0 Å². The van der Waals surface area contributed by atoms with Crippen LogP contribution in [-0.2, 0) is 4.79 Å². The van der Waals surface area contributed by atoms with Gasteiger partial charge in [-0.2, -0.15) is 4.98 Å². The van der Waals surface area contributed by atoms with Gasteiger partial charge in [-0.15, -0.1) is 16.4 Å². The first kappa shape index (κ1) is 18.2. The predicted molar refractivity (Wildman–Crippen MR) is 111 cm³/mol. The Hall–Kier alpha value is -3.19. The normalized spacial score (nSPS) is 11.0. The average molecular weight is 392 g/mol. The van der Waals surface area contributed by atoms with Gasteiger partial charge in [0.25, 0.3) is 11.9 Å². The van der Waals surface area contributed by atoms with Gasteiger partial charge in [-0.1, -0.05) is 47.5 Å². The lowest BCUT2D eigenvalue weighted by molar-refractivity contribution is -0.118. The largest absolute Gasteiger partial charge is 0.483 e. The van der Waals surface area contributed by atoms with Gasteiger partial charge in [0.05, 0.1) is 5.69 Å². The van der Waals surface area contributed by atoms with Crippen molar-refractivity contribution in [2.24, 2.45) is 0 Å². The van der Waals surface area contributed by atoms with E-state index in [4.69, 9.17) is 4.74 Å². The smallest absolute Gasteiger partial charge is 0.264 e. The van der Waals surface area contributed by atoms with Crippen LogP contribution in [0.1, 0.15) is 16.7 Å². The molecule has 1 N–H and O–H groups in total. The fraction of sp³-hybridized carbons (Fsp3) is 0.190. The van der Waals surface area contributed by atoms with Crippen LogP contribution in [0.15, 0.2) is 47.8 Å². The van der Waals surface area contributed by atoms with Crippen molar-refractivity contribution in [2.45, 2.75) is 20.8 Å². The Balaban J connectivity index is 1.46. The zero-order chi connectivity index (χ0) is 19.7. The number of hydrogen-bond donors (Lipinski definition) is 1. The Morgan fingerprint density at radius 2 is 1.86 bits per heavy atom. The lowest BCUT2D eigenvalue weighted by Gasteiger charge is -2.09. The number of anilines is 1. The zero-order valence-electron chi connectivity index (χ0n) is 15.9. The Labute approximate surface area is 166 Å². The second kappa shape index (κ2) is 7.44. The molecule has 1 amide bonds. The minimum atomic E-state index is -0.296. The van der Waals surface area contributed by atoms with Gasteiger partial charge in [-0.3, -0.25) is 10.1 Å². The molecule has 0 unspecified atom stereocenters. The average Bonchev–Trinajstić information content (AvgIpc) is 3.22. The van der Waals surface area contributed by atoms with Crippen LogP contribution >= 0.6 is 11.3 Å². The monoisotopic (exact) mass is 392 g/mol. The van der Waals surface area contributed by atoms with Crippen molar-refractivity contribution in [3.63, 3.8) is 0 Å². The number of thiazole rings is 1. The van der Waals surface area contributed by atoms with E-state index >= 15 is 0 Å². The van der Waals surface area contributed by atoms with E-state index in [0.29, 0.717) is 5.75 Å². The Morgan fingerprint density at radius 1 is 1.11 bits per heavy atom. The first-order valence-electron chi connectivity index (χ1n) is 8.91. The van der Waals surface area contributed by atoms with Gasteiger partial charge in [-0.25, -0.2) is 4.52 Å². The standard InChI is InChI=1S/C21H20N4O2S/c1-13-4-7-16(8-5-13)17-12-28-21-23-20(24-25(17)21)22-19(26)11-27-18-9-6-14(2)10-15(18)3/h4-10,12H,11H2,1-3H3,(H,22,24,26). The minimum absolute atomic E-state index is 0.0957. The molecule has 142 valence electrons. The quantitative estimate of drug-likeness (QED) is 0.547. The molecule has 2 aromatic heterocycles. The molecule has 4 rings (SSSR count). The lowest BCUT2D eigenvalue weighted by Crippen LogP contribution is -2.21. The summed E-state index contributed by atoms with van der Waals surface area (Å²) in [6.07, 6.45) is 0. The summed E-state index contributed by atoms with van der Waals surface area (Å²) in [6, 6.07) is 14.1. The maximum atomic E-state index is 12.2. The van der Waals surface area contributed by atoms with E-state index in [2.05, 4.69) is 46.6 Å². The van der Waals surface area contributed by atoms with E-state index in [1.807, 2.05) is 37.4 Å². The Morgan fingerprint density at radius 3 is 2.61 bits per heavy atom. The summed E-state index contributed by atoms with van der Waals surface area (Å²) in [5, 5.41) is 9.14. The van der Waals surface area contributed by atoms with Crippen molar-refractivity contribution in [3.8, 4) is 17.0 Å². The van der Waals surface area contributed by atoms with Crippen molar-refractivity contribution in [1.82, 2.24) is 14.6 Å². The number of nitrogens with zero attached hydrogens (tertiary/aromatic N) is 3. The summed E-state index contributed by atoms with van der Waals surface area (Å²) >= 11 is 1.48. The first-order chi connectivity index (χ1) is 13.5. The molecule has 0 fully saturated rings. The fourth-order valence-corrected chi connectivity index (χ4v) is 3.75. The molecular weight excluding hydrogens is 372 g/mol. The number of fused-ring (bicyclic) bond motifs is 1. The van der Waals surface area contributed by atoms with Crippen LogP contribution in [-0.4, -0.2) is 27.1 Å². The second-order valence-electron chi connectivity index (χ2n) is 6.72. The number of carbonyl (C=O) groups excluding carboxylic acids is 1. The Kier molecular flexibility index (Phi) is 4.83. The highest BCUT2D eigenvalue weighted by Crippen LogP contribution is 2.26. The predicted octanol–water partition coefficient (Wildman–Crippen LogP) is 4.40. The van der Waals surface area contributed by atoms with Gasteiger partial charge in [0.2, 0.25) is 4.96 Å². The zero-order valence-corrected chi connectivity index (χ0v) is 16.7. The van der Waals surface area contributed by atoms with Gasteiger partial charge in [-0.05, 0) is 32.4 Å². The van der Waals surface area contributed by atoms with Crippen molar-refractivity contribution in [3.05, 3.63) is 64.5 Å². The third-order valence-electron chi connectivity index (χ3n) is 4.37. The van der Waals surface area contributed by atoms with Gasteiger partial charge < -0.3 is 4.74 Å². The van der Waals surface area contributed by atoms with Crippen LogP contribution in [0, 0.1) is 20.8 Å². The third-order valence-corrected chi connectivity index (χ3v) is 5.19. The number of aromatic nitrogens is 3. The lowest BCUT2D eigenvalue weighted by atomic mass is 10.1. The maximum absolute atomic E-state index is 12.2. The highest BCUT2D eigenvalue weighted by Gasteiger charge is 2.14. The highest BCUT2D eigenvalue weighted by atomic mass is 32.1. The van der Waals surface area contributed by atoms with Crippen LogP contribution in [0.3, 0.4) is 0 Å². The first-order valence-corrected chi connectivity index (χ1v) is 9.79. The summed E-state index contributed by atoms with van der Waals surface area (Å²) in [5.74, 6) is 0.672. The SMILES string of the molecule is Cc1ccc(-c2csc3nc(NC(=O)COc4ccc(C)cc4C)nn23)cc1. The van der Waals surface area contributed by atoms with Gasteiger partial charge >= 0.3 is 0 Å². The van der Waals surface area contributed by atoms with E-state index in [0.717, 1.165) is 27.3 Å². The van der Waals surface area contributed by atoms with Crippen LogP contribution in [0.5, 0.6) is 5.75 Å². The molecule has 0 aliphatic heterocycles. The van der Waals surface area contributed by atoms with Crippen LogP contribution in [0.25, 0.3) is 16.2 Å². The molecule has 0 bridgehead atoms. The molecular formula is C21H20N4O2S. The molecule has 0 aliphatic rings. The van der Waals surface area contributed by atoms with E-state index in [-0.39, 0.29) is 18.5 Å². The molecule has 7 heteroatoms. The molecule has 0 saturated carbocycles. The van der Waals surface area contributed by atoms with Gasteiger partial charge in [0.15, 0.2) is 6.61 Å². The number of rotatable bonds is 5. The molecule has 0 atom stereocenters. The number of carbonyl (C=O) groups is 1. The van der Waals surface area contributed by atoms with E-state index in [1.54, 1.807) is 4.52 Å². The maximum Gasteiger partial charge on any atom is 0.264 e. The number of amides is 1. The van der Waals surface area contributed by atoms with Crippen molar-refractivity contribution < 1.29 is 9.53 Å². The van der Waals surface area contributed by atoms with Gasteiger partial charge in [0, 0.05) is 10.9 Å². The summed E-state index contributed by atoms with van der Waals surface area (Å²) in [4.78, 5) is 17.3. The van der Waals surface area contributed by atoms with E-state index in [9.17, 15) is 4.79 Å². The number of nitrogens with one attached hydrogen (secondary N) is 1.